The lowest BCUT2D eigenvalue weighted by Crippen LogP contribution is -2.29. The molecule has 0 unspecified atom stereocenters. The van der Waals surface area contributed by atoms with Crippen molar-refractivity contribution in [3.05, 3.63) is 82.9 Å². The van der Waals surface area contributed by atoms with Gasteiger partial charge in [0.1, 0.15) is 0 Å². The molecule has 1 aromatic carbocycles. The van der Waals surface area contributed by atoms with Crippen LogP contribution in [0.5, 0.6) is 0 Å². The van der Waals surface area contributed by atoms with Gasteiger partial charge in [-0.1, -0.05) is 6.07 Å². The summed E-state index contributed by atoms with van der Waals surface area (Å²) >= 11 is 0. The second-order valence-electron chi connectivity index (χ2n) is 5.15. The molecule has 0 spiro atoms. The van der Waals surface area contributed by atoms with Gasteiger partial charge in [0, 0.05) is 36.9 Å². The standard InChI is InChI=1S/C12H10N2O2.C5H6BNO2/c1-9-2-3-11(14(15)16)8-12(9)10-4-6-13-7-5-10;8-6(9)5-1-3-7-4-2-5/h2-8H,1H3;1-4,8-9H. The maximum atomic E-state index is 10.7. The van der Waals surface area contributed by atoms with Crippen molar-refractivity contribution in [1.29, 1.82) is 0 Å². The summed E-state index contributed by atoms with van der Waals surface area (Å²) in [5.41, 5.74) is 3.40. The molecule has 0 bridgehead atoms. The zero-order valence-corrected chi connectivity index (χ0v) is 13.5. The number of non-ortho nitro benzene ring substituents is 1. The Labute approximate surface area is 144 Å². The Kier molecular flexibility index (Phi) is 6.33. The van der Waals surface area contributed by atoms with Gasteiger partial charge < -0.3 is 10.0 Å². The number of nitro groups is 1. The van der Waals surface area contributed by atoms with Crippen molar-refractivity contribution < 1.29 is 15.0 Å². The first kappa shape index (κ1) is 18.2. The predicted molar refractivity (Wildman–Crippen MR) is 95.1 cm³/mol. The molecule has 0 fully saturated rings. The molecular formula is C17H16BN3O4. The molecule has 0 radical (unpaired) electrons. The molecule has 0 amide bonds. The van der Waals surface area contributed by atoms with E-state index in [2.05, 4.69) is 9.97 Å². The minimum atomic E-state index is -1.38. The van der Waals surface area contributed by atoms with Gasteiger partial charge in [0.15, 0.2) is 0 Å². The normalized spacial score (nSPS) is 9.72. The van der Waals surface area contributed by atoms with Gasteiger partial charge in [-0.15, -0.1) is 0 Å². The van der Waals surface area contributed by atoms with E-state index in [4.69, 9.17) is 10.0 Å². The maximum absolute atomic E-state index is 10.7. The number of hydrogen-bond acceptors (Lipinski definition) is 6. The van der Waals surface area contributed by atoms with Crippen molar-refractivity contribution in [2.75, 3.05) is 0 Å². The van der Waals surface area contributed by atoms with Crippen LogP contribution in [0.4, 0.5) is 5.69 Å². The van der Waals surface area contributed by atoms with Crippen LogP contribution in [0.2, 0.25) is 0 Å². The van der Waals surface area contributed by atoms with Crippen molar-refractivity contribution in [2.24, 2.45) is 0 Å². The summed E-state index contributed by atoms with van der Waals surface area (Å²) in [6, 6.07) is 11.6. The first-order valence-electron chi connectivity index (χ1n) is 7.40. The van der Waals surface area contributed by atoms with Crippen LogP contribution in [0.25, 0.3) is 11.1 Å². The van der Waals surface area contributed by atoms with Gasteiger partial charge in [-0.3, -0.25) is 20.1 Å². The maximum Gasteiger partial charge on any atom is 0.488 e. The highest BCUT2D eigenvalue weighted by atomic mass is 16.6. The summed E-state index contributed by atoms with van der Waals surface area (Å²) in [5.74, 6) is 0. The second-order valence-corrected chi connectivity index (χ2v) is 5.15. The monoisotopic (exact) mass is 337 g/mol. The number of benzene rings is 1. The molecule has 0 saturated carbocycles. The molecule has 2 heterocycles. The van der Waals surface area contributed by atoms with Crippen molar-refractivity contribution in [3.63, 3.8) is 0 Å². The van der Waals surface area contributed by atoms with E-state index in [9.17, 15) is 10.1 Å². The van der Waals surface area contributed by atoms with Crippen LogP contribution in [-0.4, -0.2) is 32.1 Å². The smallest absolute Gasteiger partial charge is 0.423 e. The molecule has 8 heteroatoms. The predicted octanol–water partition coefficient (Wildman–Crippen LogP) is 1.73. The molecular weight excluding hydrogens is 321 g/mol. The fourth-order valence-corrected chi connectivity index (χ4v) is 2.10. The highest BCUT2D eigenvalue weighted by molar-refractivity contribution is 6.58. The number of rotatable bonds is 3. The first-order chi connectivity index (χ1) is 12.0. The molecule has 0 aliphatic carbocycles. The lowest BCUT2D eigenvalue weighted by Gasteiger charge is -2.04. The van der Waals surface area contributed by atoms with Crippen LogP contribution in [0.1, 0.15) is 5.56 Å². The molecule has 126 valence electrons. The molecule has 0 aliphatic heterocycles. The van der Waals surface area contributed by atoms with E-state index >= 15 is 0 Å². The van der Waals surface area contributed by atoms with Gasteiger partial charge in [0.25, 0.3) is 5.69 Å². The Morgan fingerprint density at radius 3 is 2.00 bits per heavy atom. The van der Waals surface area contributed by atoms with E-state index in [-0.39, 0.29) is 10.6 Å². The summed E-state index contributed by atoms with van der Waals surface area (Å²) in [7, 11) is -1.38. The van der Waals surface area contributed by atoms with E-state index < -0.39 is 7.12 Å². The molecule has 0 aliphatic rings. The van der Waals surface area contributed by atoms with Crippen LogP contribution in [0.3, 0.4) is 0 Å². The third-order valence-electron chi connectivity index (χ3n) is 3.43. The molecule has 2 N–H and O–H groups in total. The molecule has 0 atom stereocenters. The zero-order valence-electron chi connectivity index (χ0n) is 13.5. The minimum absolute atomic E-state index is 0.109. The average Bonchev–Trinajstić information content (AvgIpc) is 2.64. The van der Waals surface area contributed by atoms with Crippen LogP contribution >= 0.6 is 0 Å². The molecule has 2 aromatic heterocycles. The lowest BCUT2D eigenvalue weighted by molar-refractivity contribution is -0.384. The van der Waals surface area contributed by atoms with E-state index in [0.29, 0.717) is 5.46 Å². The van der Waals surface area contributed by atoms with Gasteiger partial charge in [-0.25, -0.2) is 0 Å². The Balaban J connectivity index is 0.000000212. The van der Waals surface area contributed by atoms with Crippen LogP contribution in [0.15, 0.2) is 67.3 Å². The Morgan fingerprint density at radius 2 is 1.52 bits per heavy atom. The lowest BCUT2D eigenvalue weighted by atomic mass is 9.81. The number of aryl methyl sites for hydroxylation is 1. The van der Waals surface area contributed by atoms with E-state index in [0.717, 1.165) is 16.7 Å². The number of aromatic nitrogens is 2. The average molecular weight is 337 g/mol. The van der Waals surface area contributed by atoms with Gasteiger partial charge in [0.05, 0.1) is 4.92 Å². The Hall–Kier alpha value is -3.10. The van der Waals surface area contributed by atoms with E-state index in [1.54, 1.807) is 36.7 Å². The Bertz CT molecular complexity index is 830. The number of nitro benzene ring substituents is 1. The quantitative estimate of drug-likeness (QED) is 0.428. The largest absolute Gasteiger partial charge is 0.488 e. The summed E-state index contributed by atoms with van der Waals surface area (Å²) < 4.78 is 0. The molecule has 0 saturated heterocycles. The fraction of sp³-hybridized carbons (Fsp3) is 0.0588. The number of pyridine rings is 2. The Morgan fingerprint density at radius 1 is 0.960 bits per heavy atom. The summed E-state index contributed by atoms with van der Waals surface area (Å²) in [4.78, 5) is 17.9. The fourth-order valence-electron chi connectivity index (χ4n) is 2.10. The summed E-state index contributed by atoms with van der Waals surface area (Å²) in [5, 5.41) is 27.8. The van der Waals surface area contributed by atoms with Crippen molar-refractivity contribution >= 4 is 18.3 Å². The van der Waals surface area contributed by atoms with Crippen molar-refractivity contribution in [3.8, 4) is 11.1 Å². The van der Waals surface area contributed by atoms with Crippen LogP contribution in [-0.2, 0) is 0 Å². The van der Waals surface area contributed by atoms with Gasteiger partial charge in [-0.05, 0) is 53.3 Å². The minimum Gasteiger partial charge on any atom is -0.423 e. The third kappa shape index (κ3) is 5.20. The number of nitrogens with zero attached hydrogens (tertiary/aromatic N) is 3. The topological polar surface area (TPSA) is 109 Å². The van der Waals surface area contributed by atoms with E-state index in [1.165, 1.54) is 18.5 Å². The van der Waals surface area contributed by atoms with Crippen LogP contribution < -0.4 is 5.46 Å². The highest BCUT2D eigenvalue weighted by Crippen LogP contribution is 2.26. The summed E-state index contributed by atoms with van der Waals surface area (Å²) in [6.45, 7) is 1.93. The van der Waals surface area contributed by atoms with Crippen molar-refractivity contribution in [2.45, 2.75) is 6.92 Å². The van der Waals surface area contributed by atoms with Gasteiger partial charge in [0.2, 0.25) is 0 Å². The molecule has 3 rings (SSSR count). The zero-order chi connectivity index (χ0) is 18.2. The summed E-state index contributed by atoms with van der Waals surface area (Å²) in [6.07, 6.45) is 6.37. The first-order valence-corrected chi connectivity index (χ1v) is 7.40. The van der Waals surface area contributed by atoms with Gasteiger partial charge in [-0.2, -0.15) is 0 Å². The highest BCUT2D eigenvalue weighted by Gasteiger charge is 2.09. The molecule has 7 nitrogen and oxygen atoms in total. The van der Waals surface area contributed by atoms with Crippen LogP contribution in [0, 0.1) is 17.0 Å². The third-order valence-corrected chi connectivity index (χ3v) is 3.43. The SMILES string of the molecule is Cc1ccc([N+](=O)[O-])cc1-c1ccncc1.OB(O)c1ccncc1. The molecule has 3 aromatic rings. The van der Waals surface area contributed by atoms with Gasteiger partial charge >= 0.3 is 7.12 Å². The van der Waals surface area contributed by atoms with Crippen molar-refractivity contribution in [1.82, 2.24) is 9.97 Å². The van der Waals surface area contributed by atoms with E-state index in [1.807, 2.05) is 19.1 Å². The molecule has 25 heavy (non-hydrogen) atoms. The number of hydrogen-bond donors (Lipinski definition) is 2. The second kappa shape index (κ2) is 8.67.